The zero-order valence-corrected chi connectivity index (χ0v) is 27.6. The lowest BCUT2D eigenvalue weighted by atomic mass is 9.41. The molecule has 0 unspecified atom stereocenters. The van der Waals surface area contributed by atoms with Crippen molar-refractivity contribution in [2.45, 2.75) is 101 Å². The molecule has 0 nitrogen and oxygen atoms in total. The van der Waals surface area contributed by atoms with Crippen LogP contribution < -0.4 is 0 Å². The summed E-state index contributed by atoms with van der Waals surface area (Å²) in [6.07, 6.45) is 5.42. The zero-order valence-electron chi connectivity index (χ0n) is 27.6. The Balaban J connectivity index is 1.75. The van der Waals surface area contributed by atoms with Crippen LogP contribution in [0.5, 0.6) is 0 Å². The SMILES string of the molecule is C=C(C)C1=C(C)C[C@@]2(C)C[C@@]3(C)Cc4c(-c5cc(CC(C)C)ccc5CC)ccc(C)c4C(=C)C3=C(C)[C@@]2(C)C1=C. The fourth-order valence-corrected chi connectivity index (χ4v) is 9.57. The maximum atomic E-state index is 4.90. The van der Waals surface area contributed by atoms with Crippen LogP contribution in [0.4, 0.5) is 0 Å². The summed E-state index contributed by atoms with van der Waals surface area (Å²) in [5.74, 6) is 0.641. The quantitative estimate of drug-likeness (QED) is 0.351. The summed E-state index contributed by atoms with van der Waals surface area (Å²) in [5.41, 5.74) is 19.3. The van der Waals surface area contributed by atoms with Crippen LogP contribution in [0.25, 0.3) is 16.7 Å². The van der Waals surface area contributed by atoms with E-state index in [0.29, 0.717) is 5.92 Å². The molecule has 3 aliphatic rings. The van der Waals surface area contributed by atoms with Gasteiger partial charge in [0.15, 0.2) is 0 Å². The Labute approximate surface area is 251 Å². The topological polar surface area (TPSA) is 0 Å². The van der Waals surface area contributed by atoms with E-state index in [4.69, 9.17) is 13.2 Å². The third-order valence-corrected chi connectivity index (χ3v) is 11.3. The first-order valence-corrected chi connectivity index (χ1v) is 15.8. The number of benzene rings is 2. The van der Waals surface area contributed by atoms with Crippen molar-refractivity contribution < 1.29 is 0 Å². The van der Waals surface area contributed by atoms with Crippen molar-refractivity contribution in [3.8, 4) is 11.1 Å². The second kappa shape index (κ2) is 9.86. The van der Waals surface area contributed by atoms with Crippen LogP contribution in [0.1, 0.15) is 103 Å². The zero-order chi connectivity index (χ0) is 30.2. The molecular formula is C41H52. The van der Waals surface area contributed by atoms with Crippen molar-refractivity contribution >= 4 is 5.57 Å². The Morgan fingerprint density at radius 1 is 0.951 bits per heavy atom. The van der Waals surface area contributed by atoms with Crippen LogP contribution >= 0.6 is 0 Å². The molecule has 0 aliphatic heterocycles. The number of hydrogen-bond acceptors (Lipinski definition) is 0. The molecule has 0 aromatic heterocycles. The number of allylic oxidation sites excluding steroid dienone is 7. The largest absolute Gasteiger partial charge is 0.0955 e. The minimum absolute atomic E-state index is 0.0220. The molecule has 0 spiro atoms. The standard InChI is InChI=1S/C41H52/c1-14-32-17-16-31(19-24(2)3)20-34(32)33-18-15-26(6)37-28(8)38-30(10)41(13)29(9)36(25(4)5)27(7)21-40(41,12)23-39(38,11)22-35(33)37/h15-18,20,24H,4,8-9,14,19,21-23H2,1-3,5-7,10-13H3/t39-,40+,41-/m1/s1. The Kier molecular flexibility index (Phi) is 7.12. The minimum atomic E-state index is -0.123. The van der Waals surface area contributed by atoms with Crippen molar-refractivity contribution in [3.05, 3.63) is 111 Å². The Bertz CT molecular complexity index is 1570. The predicted octanol–water partition coefficient (Wildman–Crippen LogP) is 11.6. The first-order valence-electron chi connectivity index (χ1n) is 15.8. The molecule has 2 aromatic rings. The second-order valence-electron chi connectivity index (χ2n) is 14.9. The van der Waals surface area contributed by atoms with Crippen LogP contribution in [-0.4, -0.2) is 0 Å². The van der Waals surface area contributed by atoms with E-state index < -0.39 is 0 Å². The van der Waals surface area contributed by atoms with Gasteiger partial charge in [-0.15, -0.1) is 0 Å². The Morgan fingerprint density at radius 2 is 1.63 bits per heavy atom. The van der Waals surface area contributed by atoms with Gasteiger partial charge in [0, 0.05) is 5.41 Å². The maximum absolute atomic E-state index is 4.90. The van der Waals surface area contributed by atoms with Crippen LogP contribution in [0.2, 0.25) is 0 Å². The summed E-state index contributed by atoms with van der Waals surface area (Å²) in [6, 6.07) is 12.0. The minimum Gasteiger partial charge on any atom is -0.0955 e. The summed E-state index contributed by atoms with van der Waals surface area (Å²) < 4.78 is 0. The van der Waals surface area contributed by atoms with Gasteiger partial charge in [0.2, 0.25) is 0 Å². The average molecular weight is 545 g/mol. The third kappa shape index (κ3) is 4.23. The van der Waals surface area contributed by atoms with E-state index in [1.165, 1.54) is 72.4 Å². The Hall–Kier alpha value is -2.86. The monoisotopic (exact) mass is 544 g/mol. The van der Waals surface area contributed by atoms with Gasteiger partial charge in [-0.25, -0.2) is 0 Å². The van der Waals surface area contributed by atoms with Gasteiger partial charge < -0.3 is 0 Å². The summed E-state index contributed by atoms with van der Waals surface area (Å²) in [4.78, 5) is 0. The summed E-state index contributed by atoms with van der Waals surface area (Å²) >= 11 is 0. The molecule has 0 bridgehead atoms. The molecular weight excluding hydrogens is 492 g/mol. The van der Waals surface area contributed by atoms with Gasteiger partial charge in [0.25, 0.3) is 0 Å². The molecule has 216 valence electrons. The van der Waals surface area contributed by atoms with Crippen molar-refractivity contribution in [1.82, 2.24) is 0 Å². The molecule has 0 saturated heterocycles. The van der Waals surface area contributed by atoms with Crippen LogP contribution in [-0.2, 0) is 19.3 Å². The van der Waals surface area contributed by atoms with Gasteiger partial charge in [-0.2, -0.15) is 0 Å². The molecule has 0 fully saturated rings. The van der Waals surface area contributed by atoms with Gasteiger partial charge in [0.05, 0.1) is 0 Å². The van der Waals surface area contributed by atoms with Crippen LogP contribution in [0.15, 0.2) is 83.5 Å². The van der Waals surface area contributed by atoms with E-state index in [1.807, 2.05) is 0 Å². The summed E-state index contributed by atoms with van der Waals surface area (Å²) in [5, 5.41) is 0. The van der Waals surface area contributed by atoms with Crippen molar-refractivity contribution in [1.29, 1.82) is 0 Å². The highest BCUT2D eigenvalue weighted by atomic mass is 14.6. The maximum Gasteiger partial charge on any atom is 0.0194 e. The smallest absolute Gasteiger partial charge is 0.0194 e. The van der Waals surface area contributed by atoms with E-state index in [2.05, 4.69) is 106 Å². The molecule has 0 heteroatoms. The summed E-state index contributed by atoms with van der Waals surface area (Å²) in [7, 11) is 0. The molecule has 3 aliphatic carbocycles. The van der Waals surface area contributed by atoms with Gasteiger partial charge in [-0.3, -0.25) is 0 Å². The fourth-order valence-electron chi connectivity index (χ4n) is 9.57. The molecule has 0 N–H and O–H groups in total. The Morgan fingerprint density at radius 3 is 2.24 bits per heavy atom. The van der Waals surface area contributed by atoms with Gasteiger partial charge >= 0.3 is 0 Å². The van der Waals surface area contributed by atoms with E-state index in [1.54, 1.807) is 0 Å². The average Bonchev–Trinajstić information content (AvgIpc) is 2.85. The van der Waals surface area contributed by atoms with Gasteiger partial charge in [-0.05, 0) is 138 Å². The lowest BCUT2D eigenvalue weighted by Gasteiger charge is -2.62. The number of hydrogen-bond donors (Lipinski definition) is 0. The van der Waals surface area contributed by atoms with Crippen LogP contribution in [0, 0.1) is 29.1 Å². The summed E-state index contributed by atoms with van der Waals surface area (Å²) in [6.45, 7) is 37.6. The predicted molar refractivity (Wildman–Crippen MR) is 180 cm³/mol. The normalized spacial score (nSPS) is 27.7. The van der Waals surface area contributed by atoms with E-state index >= 15 is 0 Å². The van der Waals surface area contributed by atoms with Crippen molar-refractivity contribution in [2.75, 3.05) is 0 Å². The third-order valence-electron chi connectivity index (χ3n) is 11.3. The van der Waals surface area contributed by atoms with E-state index in [-0.39, 0.29) is 16.2 Å². The van der Waals surface area contributed by atoms with Crippen LogP contribution in [0.3, 0.4) is 0 Å². The lowest BCUT2D eigenvalue weighted by molar-refractivity contribution is 0.0544. The molecule has 5 rings (SSSR count). The van der Waals surface area contributed by atoms with Gasteiger partial charge in [0.1, 0.15) is 0 Å². The fraction of sp³-hybridized carbons (Fsp3) is 0.463. The molecule has 2 aromatic carbocycles. The molecule has 0 saturated carbocycles. The van der Waals surface area contributed by atoms with Gasteiger partial charge in [-0.1, -0.05) is 108 Å². The number of rotatable bonds is 5. The highest BCUT2D eigenvalue weighted by Crippen LogP contribution is 2.70. The van der Waals surface area contributed by atoms with E-state index in [9.17, 15) is 0 Å². The van der Waals surface area contributed by atoms with E-state index in [0.717, 1.165) is 37.7 Å². The molecule has 3 atom stereocenters. The molecule has 0 amide bonds. The molecule has 0 heterocycles. The number of aryl methyl sites for hydroxylation is 2. The first-order chi connectivity index (χ1) is 19.1. The highest BCUT2D eigenvalue weighted by Gasteiger charge is 2.59. The lowest BCUT2D eigenvalue weighted by Crippen LogP contribution is -2.52. The van der Waals surface area contributed by atoms with Crippen molar-refractivity contribution in [2.24, 2.45) is 22.2 Å². The molecule has 0 radical (unpaired) electrons. The number of fused-ring (bicyclic) bond motifs is 3. The highest BCUT2D eigenvalue weighted by molar-refractivity contribution is 5.90. The first kappa shape index (κ1) is 29.6. The van der Waals surface area contributed by atoms with Crippen molar-refractivity contribution in [3.63, 3.8) is 0 Å². The molecule has 41 heavy (non-hydrogen) atoms. The second-order valence-corrected chi connectivity index (χ2v) is 14.9.